The monoisotopic (exact) mass is 390 g/mol. The van der Waals surface area contributed by atoms with E-state index in [2.05, 4.69) is 10.6 Å². The summed E-state index contributed by atoms with van der Waals surface area (Å²) in [5.41, 5.74) is 1.47. The first-order valence-electron chi connectivity index (χ1n) is 9.84. The molecule has 3 rings (SSSR count). The van der Waals surface area contributed by atoms with Gasteiger partial charge in [-0.15, -0.1) is 0 Å². The Morgan fingerprint density at radius 2 is 1.59 bits per heavy atom. The number of benzene rings is 2. The highest BCUT2D eigenvalue weighted by atomic mass is 16.3. The number of aryl methyl sites for hydroxylation is 1. The highest BCUT2D eigenvalue weighted by molar-refractivity contribution is 5.94. The minimum absolute atomic E-state index is 0.00819. The van der Waals surface area contributed by atoms with Crippen molar-refractivity contribution in [3.05, 3.63) is 95.9 Å². The van der Waals surface area contributed by atoms with Crippen LogP contribution >= 0.6 is 0 Å². The summed E-state index contributed by atoms with van der Waals surface area (Å²) in [4.78, 5) is 25.2. The van der Waals surface area contributed by atoms with Gasteiger partial charge in [0.05, 0.1) is 18.7 Å². The zero-order valence-electron chi connectivity index (χ0n) is 16.5. The second kappa shape index (κ2) is 10.3. The molecule has 2 amide bonds. The van der Waals surface area contributed by atoms with E-state index in [9.17, 15) is 9.59 Å². The molecule has 0 bridgehead atoms. The van der Waals surface area contributed by atoms with Gasteiger partial charge in [-0.25, -0.2) is 0 Å². The molecular formula is C24H26N2O3. The van der Waals surface area contributed by atoms with E-state index >= 15 is 0 Å². The molecule has 0 saturated heterocycles. The maximum atomic E-state index is 12.6. The van der Waals surface area contributed by atoms with Crippen molar-refractivity contribution in [3.8, 4) is 0 Å². The van der Waals surface area contributed by atoms with Crippen molar-refractivity contribution in [2.75, 3.05) is 0 Å². The second-order valence-corrected chi connectivity index (χ2v) is 7.09. The maximum Gasteiger partial charge on any atom is 0.251 e. The minimum Gasteiger partial charge on any atom is -0.469 e. The molecule has 0 spiro atoms. The van der Waals surface area contributed by atoms with Gasteiger partial charge in [-0.2, -0.15) is 0 Å². The fourth-order valence-corrected chi connectivity index (χ4v) is 3.17. The molecule has 2 aromatic carbocycles. The van der Waals surface area contributed by atoms with E-state index in [1.807, 2.05) is 67.6 Å². The van der Waals surface area contributed by atoms with Gasteiger partial charge >= 0.3 is 0 Å². The largest absolute Gasteiger partial charge is 0.469 e. The average Bonchev–Trinajstić information content (AvgIpc) is 3.27. The Kier molecular flexibility index (Phi) is 7.22. The number of carbonyl (C=O) groups is 2. The number of hydrogen-bond acceptors (Lipinski definition) is 3. The number of carbonyl (C=O) groups excluding carboxylic acids is 2. The van der Waals surface area contributed by atoms with Crippen molar-refractivity contribution in [2.24, 2.45) is 0 Å². The number of rotatable bonds is 9. The van der Waals surface area contributed by atoms with E-state index in [0.717, 1.165) is 24.2 Å². The Balaban J connectivity index is 1.60. The zero-order chi connectivity index (χ0) is 20.5. The van der Waals surface area contributed by atoms with Crippen LogP contribution in [-0.2, 0) is 11.2 Å². The fraction of sp³-hybridized carbons (Fsp3) is 0.250. The van der Waals surface area contributed by atoms with Crippen molar-refractivity contribution < 1.29 is 14.0 Å². The minimum atomic E-state index is -0.402. The molecule has 0 saturated carbocycles. The number of amides is 2. The summed E-state index contributed by atoms with van der Waals surface area (Å²) in [6.45, 7) is 1.97. The summed E-state index contributed by atoms with van der Waals surface area (Å²) in [6, 6.07) is 22.0. The van der Waals surface area contributed by atoms with E-state index in [4.69, 9.17) is 4.42 Å². The van der Waals surface area contributed by atoms with Crippen LogP contribution in [0.3, 0.4) is 0 Å². The van der Waals surface area contributed by atoms with Crippen LogP contribution in [0.5, 0.6) is 0 Å². The molecule has 0 aliphatic carbocycles. The van der Waals surface area contributed by atoms with Crippen molar-refractivity contribution in [2.45, 2.75) is 38.3 Å². The Labute approximate surface area is 171 Å². The van der Waals surface area contributed by atoms with Crippen molar-refractivity contribution in [3.63, 3.8) is 0 Å². The van der Waals surface area contributed by atoms with Gasteiger partial charge in [0.1, 0.15) is 5.76 Å². The third-order valence-electron chi connectivity index (χ3n) is 4.74. The third kappa shape index (κ3) is 6.35. The highest BCUT2D eigenvalue weighted by Gasteiger charge is 2.20. The lowest BCUT2D eigenvalue weighted by molar-refractivity contribution is -0.122. The zero-order valence-corrected chi connectivity index (χ0v) is 16.5. The molecule has 29 heavy (non-hydrogen) atoms. The molecule has 0 fully saturated rings. The number of furan rings is 1. The summed E-state index contributed by atoms with van der Waals surface area (Å²) in [5.74, 6) is 0.612. The van der Waals surface area contributed by atoms with Crippen LogP contribution in [0.25, 0.3) is 0 Å². The van der Waals surface area contributed by atoms with Gasteiger partial charge in [0.25, 0.3) is 5.91 Å². The normalized spacial score (nSPS) is 12.7. The smallest absolute Gasteiger partial charge is 0.251 e. The van der Waals surface area contributed by atoms with E-state index in [-0.39, 0.29) is 24.3 Å². The van der Waals surface area contributed by atoms with Crippen LogP contribution < -0.4 is 10.6 Å². The van der Waals surface area contributed by atoms with Gasteiger partial charge in [-0.1, -0.05) is 48.5 Å². The average molecular weight is 390 g/mol. The molecule has 150 valence electrons. The van der Waals surface area contributed by atoms with Crippen molar-refractivity contribution >= 4 is 11.8 Å². The maximum absolute atomic E-state index is 12.6. The van der Waals surface area contributed by atoms with E-state index in [0.29, 0.717) is 5.56 Å². The lowest BCUT2D eigenvalue weighted by atomic mass is 10.0. The van der Waals surface area contributed by atoms with Crippen LogP contribution in [0, 0.1) is 0 Å². The number of nitrogens with one attached hydrogen (secondary N) is 2. The lowest BCUT2D eigenvalue weighted by Crippen LogP contribution is -2.37. The second-order valence-electron chi connectivity index (χ2n) is 7.09. The van der Waals surface area contributed by atoms with E-state index < -0.39 is 6.04 Å². The molecule has 0 radical (unpaired) electrons. The molecule has 5 nitrogen and oxygen atoms in total. The Bertz CT molecular complexity index is 892. The van der Waals surface area contributed by atoms with Gasteiger partial charge in [0, 0.05) is 18.0 Å². The Morgan fingerprint density at radius 1 is 0.897 bits per heavy atom. The summed E-state index contributed by atoms with van der Waals surface area (Å²) in [6.07, 6.45) is 3.37. The molecule has 1 aromatic heterocycles. The van der Waals surface area contributed by atoms with Gasteiger partial charge in [0.15, 0.2) is 0 Å². The molecule has 2 N–H and O–H groups in total. The van der Waals surface area contributed by atoms with Crippen LogP contribution in [-0.4, -0.2) is 17.9 Å². The molecule has 2 unspecified atom stereocenters. The SMILES string of the molecule is CC(CCc1ccco1)NC(=O)CC(NC(=O)c1ccccc1)c1ccccc1. The molecule has 2 atom stereocenters. The molecular weight excluding hydrogens is 364 g/mol. The van der Waals surface area contributed by atoms with Crippen LogP contribution in [0.1, 0.15) is 47.5 Å². The third-order valence-corrected chi connectivity index (χ3v) is 4.74. The predicted octanol–water partition coefficient (Wildman–Crippen LogP) is 4.28. The highest BCUT2D eigenvalue weighted by Crippen LogP contribution is 2.18. The molecule has 3 aromatic rings. The predicted molar refractivity (Wildman–Crippen MR) is 112 cm³/mol. The summed E-state index contributed by atoms with van der Waals surface area (Å²) < 4.78 is 5.34. The van der Waals surface area contributed by atoms with Gasteiger partial charge in [-0.3, -0.25) is 9.59 Å². The standard InChI is InChI=1S/C24H26N2O3/c1-18(14-15-21-13-8-16-29-21)25-23(27)17-22(19-9-4-2-5-10-19)26-24(28)20-11-6-3-7-12-20/h2-13,16,18,22H,14-15,17H2,1H3,(H,25,27)(H,26,28). The topological polar surface area (TPSA) is 71.3 Å². The fourth-order valence-electron chi connectivity index (χ4n) is 3.17. The molecule has 0 aliphatic heterocycles. The van der Waals surface area contributed by atoms with Crippen LogP contribution in [0.15, 0.2) is 83.5 Å². The first-order chi connectivity index (χ1) is 14.1. The Morgan fingerprint density at radius 3 is 2.24 bits per heavy atom. The van der Waals surface area contributed by atoms with Gasteiger partial charge in [0.2, 0.25) is 5.91 Å². The van der Waals surface area contributed by atoms with Gasteiger partial charge in [-0.05, 0) is 43.2 Å². The molecule has 5 heteroatoms. The first-order valence-corrected chi connectivity index (χ1v) is 9.84. The summed E-state index contributed by atoms with van der Waals surface area (Å²) in [7, 11) is 0. The Hall–Kier alpha value is -3.34. The lowest BCUT2D eigenvalue weighted by Gasteiger charge is -2.21. The number of hydrogen-bond donors (Lipinski definition) is 2. The van der Waals surface area contributed by atoms with E-state index in [1.54, 1.807) is 18.4 Å². The summed E-state index contributed by atoms with van der Waals surface area (Å²) >= 11 is 0. The van der Waals surface area contributed by atoms with Crippen molar-refractivity contribution in [1.82, 2.24) is 10.6 Å². The molecule has 1 heterocycles. The van der Waals surface area contributed by atoms with E-state index in [1.165, 1.54) is 0 Å². The molecule has 0 aliphatic rings. The van der Waals surface area contributed by atoms with Gasteiger partial charge < -0.3 is 15.1 Å². The quantitative estimate of drug-likeness (QED) is 0.573. The van der Waals surface area contributed by atoms with Crippen LogP contribution in [0.2, 0.25) is 0 Å². The van der Waals surface area contributed by atoms with Crippen LogP contribution in [0.4, 0.5) is 0 Å². The summed E-state index contributed by atoms with van der Waals surface area (Å²) in [5, 5.41) is 6.02. The first kappa shape index (κ1) is 20.4. The van der Waals surface area contributed by atoms with Crippen molar-refractivity contribution in [1.29, 1.82) is 0 Å².